The zero-order valence-corrected chi connectivity index (χ0v) is 15.2. The van der Waals surface area contributed by atoms with Gasteiger partial charge in [0.25, 0.3) is 0 Å². The largest absolute Gasteiger partial charge is 0.468 e. The third kappa shape index (κ3) is 3.53. The number of esters is 1. The second-order valence-electron chi connectivity index (χ2n) is 6.22. The number of methoxy groups -OCH3 is 1. The minimum Gasteiger partial charge on any atom is -0.468 e. The molecule has 0 spiro atoms. The molecule has 0 saturated heterocycles. The maximum atomic E-state index is 11.8. The lowest BCUT2D eigenvalue weighted by Gasteiger charge is -2.10. The van der Waals surface area contributed by atoms with Crippen molar-refractivity contribution in [2.24, 2.45) is 0 Å². The van der Waals surface area contributed by atoms with Crippen molar-refractivity contribution in [3.8, 4) is 0 Å². The number of thioether (sulfide) groups is 1. The van der Waals surface area contributed by atoms with Crippen LogP contribution < -0.4 is 0 Å². The minimum atomic E-state index is -0.390. The van der Waals surface area contributed by atoms with Gasteiger partial charge in [-0.25, -0.2) is 4.79 Å². The van der Waals surface area contributed by atoms with Crippen LogP contribution in [-0.4, -0.2) is 27.8 Å². The van der Waals surface area contributed by atoms with Gasteiger partial charge in [0.1, 0.15) is 17.1 Å². The summed E-state index contributed by atoms with van der Waals surface area (Å²) in [6, 6.07) is 11.9. The highest BCUT2D eigenvalue weighted by Crippen LogP contribution is 2.40. The second kappa shape index (κ2) is 7.37. The standard InChI is InChI=1S/C19H19N3O3S/c1-24-18(23)15-9-10-25-16(15)12-26-19-21-20-17(14-7-8-14)22(19)11-13-5-3-2-4-6-13/h2-6,9-10,14H,7-8,11-12H2,1H3. The van der Waals surface area contributed by atoms with Gasteiger partial charge in [-0.2, -0.15) is 0 Å². The Morgan fingerprint density at radius 3 is 2.81 bits per heavy atom. The summed E-state index contributed by atoms with van der Waals surface area (Å²) in [5, 5.41) is 9.64. The fourth-order valence-corrected chi connectivity index (χ4v) is 3.74. The summed E-state index contributed by atoms with van der Waals surface area (Å²) < 4.78 is 12.4. The number of nitrogens with zero attached hydrogens (tertiary/aromatic N) is 3. The average molecular weight is 369 g/mol. The summed E-state index contributed by atoms with van der Waals surface area (Å²) in [6.45, 7) is 0.740. The zero-order valence-electron chi connectivity index (χ0n) is 14.4. The molecular formula is C19H19N3O3S. The molecule has 26 heavy (non-hydrogen) atoms. The minimum absolute atomic E-state index is 0.390. The van der Waals surface area contributed by atoms with Gasteiger partial charge in [0.15, 0.2) is 5.16 Å². The lowest BCUT2D eigenvalue weighted by Crippen LogP contribution is -2.06. The van der Waals surface area contributed by atoms with E-state index in [-0.39, 0.29) is 0 Å². The third-order valence-electron chi connectivity index (χ3n) is 4.35. The van der Waals surface area contributed by atoms with Crippen LogP contribution in [0.2, 0.25) is 0 Å². The summed E-state index contributed by atoms with van der Waals surface area (Å²) in [5.41, 5.74) is 1.67. The molecule has 0 aliphatic heterocycles. The highest BCUT2D eigenvalue weighted by atomic mass is 32.2. The van der Waals surface area contributed by atoms with Crippen LogP contribution in [0.3, 0.4) is 0 Å². The molecule has 0 N–H and O–H groups in total. The van der Waals surface area contributed by atoms with Crippen molar-refractivity contribution in [1.82, 2.24) is 14.8 Å². The summed E-state index contributed by atoms with van der Waals surface area (Å²) in [6.07, 6.45) is 3.84. The molecule has 0 radical (unpaired) electrons. The molecule has 3 aromatic rings. The molecule has 1 fully saturated rings. The number of benzene rings is 1. The number of aromatic nitrogens is 3. The Balaban J connectivity index is 1.55. The third-order valence-corrected chi connectivity index (χ3v) is 5.32. The highest BCUT2D eigenvalue weighted by molar-refractivity contribution is 7.98. The molecule has 1 saturated carbocycles. The highest BCUT2D eigenvalue weighted by Gasteiger charge is 2.30. The summed E-state index contributed by atoms with van der Waals surface area (Å²) >= 11 is 1.52. The van der Waals surface area contributed by atoms with Crippen LogP contribution in [-0.2, 0) is 17.0 Å². The van der Waals surface area contributed by atoms with Gasteiger partial charge in [-0.15, -0.1) is 10.2 Å². The molecule has 1 aliphatic rings. The van der Waals surface area contributed by atoms with Crippen LogP contribution in [0, 0.1) is 0 Å². The topological polar surface area (TPSA) is 70.2 Å². The van der Waals surface area contributed by atoms with Crippen LogP contribution in [0.4, 0.5) is 0 Å². The first-order valence-corrected chi connectivity index (χ1v) is 9.49. The van der Waals surface area contributed by atoms with Crippen molar-refractivity contribution in [2.75, 3.05) is 7.11 Å². The molecule has 0 unspecified atom stereocenters. The van der Waals surface area contributed by atoms with E-state index in [0.29, 0.717) is 23.0 Å². The van der Waals surface area contributed by atoms with Gasteiger partial charge in [0, 0.05) is 5.92 Å². The quantitative estimate of drug-likeness (QED) is 0.465. The lowest BCUT2D eigenvalue weighted by molar-refractivity contribution is 0.0598. The van der Waals surface area contributed by atoms with Gasteiger partial charge in [0.05, 0.1) is 25.7 Å². The first kappa shape index (κ1) is 16.9. The SMILES string of the molecule is COC(=O)c1ccoc1CSc1nnc(C2CC2)n1Cc1ccccc1. The van der Waals surface area contributed by atoms with Crippen molar-refractivity contribution in [1.29, 1.82) is 0 Å². The van der Waals surface area contributed by atoms with Crippen molar-refractivity contribution < 1.29 is 13.9 Å². The van der Waals surface area contributed by atoms with Gasteiger partial charge in [-0.1, -0.05) is 42.1 Å². The average Bonchev–Trinajstić information content (AvgIpc) is 3.27. The Morgan fingerprint density at radius 2 is 2.08 bits per heavy atom. The van der Waals surface area contributed by atoms with E-state index in [9.17, 15) is 4.79 Å². The summed E-state index contributed by atoms with van der Waals surface area (Å²) in [5.74, 6) is 2.25. The Bertz CT molecular complexity index is 900. The van der Waals surface area contributed by atoms with Gasteiger partial charge < -0.3 is 13.7 Å². The number of hydrogen-bond donors (Lipinski definition) is 0. The molecular weight excluding hydrogens is 350 g/mol. The van der Waals surface area contributed by atoms with Crippen LogP contribution in [0.25, 0.3) is 0 Å². The Labute approximate surface area is 155 Å². The summed E-state index contributed by atoms with van der Waals surface area (Å²) in [7, 11) is 1.37. The molecule has 0 bridgehead atoms. The Hall–Kier alpha value is -2.54. The van der Waals surface area contributed by atoms with Gasteiger partial charge >= 0.3 is 5.97 Å². The van der Waals surface area contributed by atoms with E-state index in [2.05, 4.69) is 26.9 Å². The first-order chi connectivity index (χ1) is 12.8. The van der Waals surface area contributed by atoms with Crippen molar-refractivity contribution in [2.45, 2.75) is 36.2 Å². The van der Waals surface area contributed by atoms with Crippen LogP contribution in [0.5, 0.6) is 0 Å². The lowest BCUT2D eigenvalue weighted by atomic mass is 10.2. The maximum Gasteiger partial charge on any atom is 0.341 e. The number of rotatable bonds is 7. The van der Waals surface area contributed by atoms with E-state index >= 15 is 0 Å². The Morgan fingerprint density at radius 1 is 1.27 bits per heavy atom. The van der Waals surface area contributed by atoms with E-state index in [1.54, 1.807) is 6.07 Å². The number of furan rings is 1. The van der Waals surface area contributed by atoms with Crippen molar-refractivity contribution >= 4 is 17.7 Å². The smallest absolute Gasteiger partial charge is 0.341 e. The maximum absolute atomic E-state index is 11.8. The van der Waals surface area contributed by atoms with E-state index < -0.39 is 5.97 Å². The van der Waals surface area contributed by atoms with E-state index in [4.69, 9.17) is 9.15 Å². The molecule has 1 aliphatic carbocycles. The first-order valence-electron chi connectivity index (χ1n) is 8.50. The molecule has 6 nitrogen and oxygen atoms in total. The second-order valence-corrected chi connectivity index (χ2v) is 7.17. The number of carbonyl (C=O) groups excluding carboxylic acids is 1. The molecule has 134 valence electrons. The van der Waals surface area contributed by atoms with Gasteiger partial charge in [0.2, 0.25) is 0 Å². The predicted molar refractivity (Wildman–Crippen MR) is 97.1 cm³/mol. The van der Waals surface area contributed by atoms with Crippen LogP contribution in [0.15, 0.2) is 52.2 Å². The number of carbonyl (C=O) groups is 1. The molecule has 0 amide bonds. The molecule has 4 rings (SSSR count). The fourth-order valence-electron chi connectivity index (χ4n) is 2.84. The van der Waals surface area contributed by atoms with Crippen LogP contribution >= 0.6 is 11.8 Å². The molecule has 1 aromatic carbocycles. The van der Waals surface area contributed by atoms with Crippen LogP contribution in [0.1, 0.15) is 46.3 Å². The molecule has 0 atom stereocenters. The number of ether oxygens (including phenoxy) is 1. The monoisotopic (exact) mass is 369 g/mol. The normalized spacial score (nSPS) is 13.7. The fraction of sp³-hybridized carbons (Fsp3) is 0.316. The van der Waals surface area contributed by atoms with Crippen molar-refractivity contribution in [3.05, 3.63) is 65.4 Å². The predicted octanol–water partition coefficient (Wildman–Crippen LogP) is 3.88. The Kier molecular flexibility index (Phi) is 4.79. The van der Waals surface area contributed by atoms with Gasteiger partial charge in [-0.05, 0) is 24.5 Å². The molecule has 7 heteroatoms. The zero-order chi connectivity index (χ0) is 17.9. The van der Waals surface area contributed by atoms with E-state index in [1.807, 2.05) is 18.2 Å². The molecule has 2 aromatic heterocycles. The number of hydrogen-bond acceptors (Lipinski definition) is 6. The van der Waals surface area contributed by atoms with Gasteiger partial charge in [-0.3, -0.25) is 0 Å². The van der Waals surface area contributed by atoms with E-state index in [0.717, 1.165) is 17.5 Å². The summed E-state index contributed by atoms with van der Waals surface area (Å²) in [4.78, 5) is 11.8. The molecule has 2 heterocycles. The van der Waals surface area contributed by atoms with Crippen molar-refractivity contribution in [3.63, 3.8) is 0 Å². The van der Waals surface area contributed by atoms with E-state index in [1.165, 1.54) is 43.5 Å².